The van der Waals surface area contributed by atoms with Gasteiger partial charge in [0.15, 0.2) is 11.5 Å². The standard InChI is InChI=1S/C23H27N3O3.C23H29N3O2.C2H6.2H2/c27-23(25-18-9-7-17(8-10-18)16-5-6-16)20-4-2-1-3-13-26(20)14-19-22-21(11-12-24-19)28-15-29-22;1-17-5-4-12-24-21(17)15-26-13-3-2-6-22(26)23(27)25-20-9-7-18(8-10-20)19-11-14-28-16-19;1-2;;/h7-12,16,20H,1-6,13-15H2,(H,25,27);4-5,7-10,12,19,22H,2-3,6,11,13-16H2,1H3,(H,25,27);1-2H3;2*1H/t20-;19?,22-;;;/m11.../s1. The number of anilines is 2. The molecule has 4 aromatic rings. The van der Waals surface area contributed by atoms with Crippen molar-refractivity contribution in [3.8, 4) is 11.5 Å². The molecule has 2 amide bonds. The van der Waals surface area contributed by atoms with Crippen molar-refractivity contribution in [1.29, 1.82) is 0 Å². The van der Waals surface area contributed by atoms with Crippen molar-refractivity contribution in [1.82, 2.24) is 19.8 Å². The maximum Gasteiger partial charge on any atom is 0.241 e. The smallest absolute Gasteiger partial charge is 0.241 e. The number of hydrogen-bond acceptors (Lipinski definition) is 9. The minimum Gasteiger partial charge on any atom is -0.453 e. The Bertz CT molecular complexity index is 1980. The molecule has 1 aliphatic carbocycles. The molecule has 3 atom stereocenters. The van der Waals surface area contributed by atoms with Crippen LogP contribution in [-0.4, -0.2) is 76.8 Å². The van der Waals surface area contributed by atoms with Gasteiger partial charge in [-0.2, -0.15) is 0 Å². The van der Waals surface area contributed by atoms with E-state index in [1.807, 2.05) is 56.4 Å². The zero-order chi connectivity index (χ0) is 41.0. The molecule has 11 heteroatoms. The highest BCUT2D eigenvalue weighted by Crippen LogP contribution is 2.40. The lowest BCUT2D eigenvalue weighted by Gasteiger charge is -2.34. The van der Waals surface area contributed by atoms with Gasteiger partial charge < -0.3 is 24.8 Å². The first kappa shape index (κ1) is 42.3. The number of nitrogens with one attached hydrogen (secondary N) is 2. The van der Waals surface area contributed by atoms with Gasteiger partial charge in [-0.05, 0) is 118 Å². The Hall–Kier alpha value is -4.84. The molecule has 2 aromatic heterocycles. The van der Waals surface area contributed by atoms with E-state index in [0.29, 0.717) is 18.2 Å². The van der Waals surface area contributed by atoms with Gasteiger partial charge in [-0.25, -0.2) is 0 Å². The fourth-order valence-electron chi connectivity index (χ4n) is 8.55. The normalized spacial score (nSPS) is 21.6. The molecule has 318 valence electrons. The monoisotopic (exact) mass is 807 g/mol. The van der Waals surface area contributed by atoms with Crippen molar-refractivity contribution < 1.29 is 26.7 Å². The highest BCUT2D eigenvalue weighted by atomic mass is 16.7. The van der Waals surface area contributed by atoms with Gasteiger partial charge in [0.25, 0.3) is 0 Å². The van der Waals surface area contributed by atoms with Crippen molar-refractivity contribution in [3.63, 3.8) is 0 Å². The lowest BCUT2D eigenvalue weighted by Crippen LogP contribution is -2.46. The molecular weight excluding hydrogens is 741 g/mol. The van der Waals surface area contributed by atoms with Crippen LogP contribution in [0.25, 0.3) is 0 Å². The first-order valence-corrected chi connectivity index (χ1v) is 22.0. The summed E-state index contributed by atoms with van der Waals surface area (Å²) in [5.74, 6) is 2.82. The first-order valence-electron chi connectivity index (χ1n) is 22.0. The van der Waals surface area contributed by atoms with Gasteiger partial charge in [0.05, 0.1) is 24.4 Å². The summed E-state index contributed by atoms with van der Waals surface area (Å²) >= 11 is 0. The number of amides is 2. The number of carbonyl (C=O) groups is 2. The molecule has 1 unspecified atom stereocenters. The van der Waals surface area contributed by atoms with E-state index in [1.165, 1.54) is 29.5 Å². The summed E-state index contributed by atoms with van der Waals surface area (Å²) in [4.78, 5) is 39.7. The molecule has 59 heavy (non-hydrogen) atoms. The van der Waals surface area contributed by atoms with Crippen LogP contribution in [0.15, 0.2) is 79.1 Å². The number of likely N-dealkylation sites (tertiary alicyclic amines) is 2. The number of aromatic nitrogens is 2. The average Bonchev–Trinajstić information content (AvgIpc) is 3.83. The molecule has 3 saturated heterocycles. The maximum absolute atomic E-state index is 13.2. The SMILES string of the molecule is CC.Cc1cccnc1CN1CCCC[C@@H]1C(=O)Nc1ccc(C2CCOC2)cc1.O=C(Nc1ccc(C2CC2)cc1)[C@H]1CCCCCN1Cc1nccc2c1OCO2.[HH].[HH]. The third-order valence-electron chi connectivity index (χ3n) is 12.1. The Morgan fingerprint density at radius 1 is 0.678 bits per heavy atom. The number of hydrogen-bond donors (Lipinski definition) is 2. The van der Waals surface area contributed by atoms with Crippen LogP contribution in [0.3, 0.4) is 0 Å². The molecule has 2 N–H and O–H groups in total. The highest BCUT2D eigenvalue weighted by Gasteiger charge is 2.32. The van der Waals surface area contributed by atoms with E-state index in [9.17, 15) is 9.59 Å². The number of aryl methyl sites for hydroxylation is 1. The number of pyridine rings is 2. The van der Waals surface area contributed by atoms with Crippen LogP contribution in [0.5, 0.6) is 11.5 Å². The van der Waals surface area contributed by atoms with Gasteiger partial charge in [0.2, 0.25) is 18.6 Å². The van der Waals surface area contributed by atoms with Gasteiger partial charge in [-0.1, -0.05) is 63.4 Å². The Labute approximate surface area is 353 Å². The minimum absolute atomic E-state index is 0. The van der Waals surface area contributed by atoms with Crippen molar-refractivity contribution in [2.75, 3.05) is 43.7 Å². The van der Waals surface area contributed by atoms with E-state index in [-0.39, 0.29) is 33.5 Å². The number of piperidine rings is 1. The second-order valence-electron chi connectivity index (χ2n) is 16.1. The van der Waals surface area contributed by atoms with E-state index < -0.39 is 0 Å². The van der Waals surface area contributed by atoms with Crippen LogP contribution in [0.2, 0.25) is 0 Å². The predicted octanol–water partition coefficient (Wildman–Crippen LogP) is 9.48. The summed E-state index contributed by atoms with van der Waals surface area (Å²) in [7, 11) is 0. The third-order valence-corrected chi connectivity index (χ3v) is 12.1. The second-order valence-corrected chi connectivity index (χ2v) is 16.1. The molecule has 0 spiro atoms. The number of rotatable bonds is 10. The number of carbonyl (C=O) groups excluding carboxylic acids is 2. The highest BCUT2D eigenvalue weighted by molar-refractivity contribution is 5.95. The van der Waals surface area contributed by atoms with Crippen molar-refractivity contribution in [3.05, 3.63) is 107 Å². The summed E-state index contributed by atoms with van der Waals surface area (Å²) in [6.45, 7) is 11.1. The zero-order valence-electron chi connectivity index (χ0n) is 35.2. The Morgan fingerprint density at radius 2 is 1.27 bits per heavy atom. The predicted molar refractivity (Wildman–Crippen MR) is 236 cm³/mol. The van der Waals surface area contributed by atoms with E-state index in [1.54, 1.807) is 6.20 Å². The summed E-state index contributed by atoms with van der Waals surface area (Å²) in [6.07, 6.45) is 14.5. The molecule has 4 fully saturated rings. The van der Waals surface area contributed by atoms with Crippen LogP contribution in [0, 0.1) is 6.92 Å². The molecule has 9 rings (SSSR count). The van der Waals surface area contributed by atoms with Gasteiger partial charge >= 0.3 is 0 Å². The van der Waals surface area contributed by atoms with Crippen LogP contribution >= 0.6 is 0 Å². The molecule has 11 nitrogen and oxygen atoms in total. The Balaban J connectivity index is 0.000000215. The summed E-state index contributed by atoms with van der Waals surface area (Å²) in [5.41, 5.74) is 7.49. The molecule has 0 bridgehead atoms. The van der Waals surface area contributed by atoms with Crippen LogP contribution in [-0.2, 0) is 27.4 Å². The van der Waals surface area contributed by atoms with E-state index in [0.717, 1.165) is 119 Å². The quantitative estimate of drug-likeness (QED) is 0.162. The van der Waals surface area contributed by atoms with Crippen molar-refractivity contribution >= 4 is 23.2 Å². The van der Waals surface area contributed by atoms with Crippen LogP contribution in [0.1, 0.15) is 121 Å². The van der Waals surface area contributed by atoms with Gasteiger partial charge in [0.1, 0.15) is 5.69 Å². The van der Waals surface area contributed by atoms with E-state index in [4.69, 9.17) is 14.2 Å². The van der Waals surface area contributed by atoms with E-state index in [2.05, 4.69) is 67.7 Å². The van der Waals surface area contributed by atoms with E-state index >= 15 is 0 Å². The molecule has 1 saturated carbocycles. The largest absolute Gasteiger partial charge is 0.453 e. The molecule has 2 aromatic carbocycles. The topological polar surface area (TPSA) is 118 Å². The lowest BCUT2D eigenvalue weighted by atomic mass is 9.98. The summed E-state index contributed by atoms with van der Waals surface area (Å²) < 4.78 is 16.6. The molecular formula is C48H66N6O5. The Morgan fingerprint density at radius 3 is 1.88 bits per heavy atom. The van der Waals surface area contributed by atoms with Gasteiger partial charge in [-0.3, -0.25) is 29.4 Å². The average molecular weight is 807 g/mol. The molecule has 5 aliphatic rings. The molecule has 4 aliphatic heterocycles. The molecule has 0 radical (unpaired) electrons. The lowest BCUT2D eigenvalue weighted by molar-refractivity contribution is -0.123. The third kappa shape index (κ3) is 11.3. The molecule has 6 heterocycles. The summed E-state index contributed by atoms with van der Waals surface area (Å²) in [6, 6.07) is 22.2. The van der Waals surface area contributed by atoms with Crippen molar-refractivity contribution in [2.24, 2.45) is 0 Å². The van der Waals surface area contributed by atoms with Gasteiger partial charge in [-0.15, -0.1) is 0 Å². The first-order chi connectivity index (χ1) is 29.0. The number of fused-ring (bicyclic) bond motifs is 1. The van der Waals surface area contributed by atoms with Crippen LogP contribution in [0.4, 0.5) is 11.4 Å². The maximum atomic E-state index is 13.2. The second kappa shape index (κ2) is 20.9. The fourth-order valence-corrected chi connectivity index (χ4v) is 8.55. The van der Waals surface area contributed by atoms with Gasteiger partial charge in [0, 0.05) is 58.3 Å². The zero-order valence-corrected chi connectivity index (χ0v) is 35.2. The fraction of sp³-hybridized carbons (Fsp3) is 0.500. The Kier molecular flexibility index (Phi) is 15.0. The van der Waals surface area contributed by atoms with Crippen molar-refractivity contribution in [2.45, 2.75) is 122 Å². The van der Waals surface area contributed by atoms with Crippen LogP contribution < -0.4 is 20.1 Å². The number of benzene rings is 2. The summed E-state index contributed by atoms with van der Waals surface area (Å²) in [5, 5.41) is 6.26. The number of ether oxygens (including phenoxy) is 3. The minimum atomic E-state index is -0.166. The number of nitrogens with zero attached hydrogens (tertiary/aromatic N) is 4.